The molecule has 26 heavy (non-hydrogen) atoms. The molecule has 132 valence electrons. The van der Waals surface area contributed by atoms with Crippen LogP contribution in [-0.2, 0) is 0 Å². The molecule has 2 aromatic carbocycles. The second-order valence-corrected chi connectivity index (χ2v) is 6.76. The van der Waals surface area contributed by atoms with E-state index in [1.807, 2.05) is 28.8 Å². The molecule has 1 fully saturated rings. The Morgan fingerprint density at radius 3 is 2.69 bits per heavy atom. The molecule has 6 nitrogen and oxygen atoms in total. The summed E-state index contributed by atoms with van der Waals surface area (Å²) in [5.74, 6) is 0.487. The Kier molecular flexibility index (Phi) is 3.34. The van der Waals surface area contributed by atoms with E-state index in [0.29, 0.717) is 5.52 Å². The maximum Gasteiger partial charge on any atom is 0.326 e. The van der Waals surface area contributed by atoms with Gasteiger partial charge in [0.25, 0.3) is 0 Å². The third-order valence-electron chi connectivity index (χ3n) is 5.18. The minimum absolute atomic E-state index is 0.0520. The predicted molar refractivity (Wildman–Crippen MR) is 99.1 cm³/mol. The molecule has 1 aliphatic rings. The van der Waals surface area contributed by atoms with Crippen LogP contribution in [0.3, 0.4) is 0 Å². The Labute approximate surface area is 148 Å². The number of hydrogen-bond acceptors (Lipinski definition) is 3. The number of aromatic amines is 2. The zero-order valence-corrected chi connectivity index (χ0v) is 14.1. The first kappa shape index (κ1) is 15.2. The van der Waals surface area contributed by atoms with Gasteiger partial charge in [-0.2, -0.15) is 0 Å². The van der Waals surface area contributed by atoms with Crippen molar-refractivity contribution in [2.75, 3.05) is 18.0 Å². The van der Waals surface area contributed by atoms with E-state index in [1.54, 1.807) is 6.07 Å². The maximum atomic E-state index is 13.4. The van der Waals surface area contributed by atoms with Crippen molar-refractivity contribution in [3.8, 4) is 0 Å². The number of nitrogens with zero attached hydrogens (tertiary/aromatic N) is 3. The number of rotatable bonds is 2. The molecule has 0 bridgehead atoms. The topological polar surface area (TPSA) is 69.7 Å². The molecule has 1 aliphatic heterocycles. The number of H-pyrrole nitrogens is 2. The first-order valence-corrected chi connectivity index (χ1v) is 8.78. The van der Waals surface area contributed by atoms with Gasteiger partial charge in [0.2, 0.25) is 5.95 Å². The molecule has 0 spiro atoms. The fraction of sp³-hybridized carbons (Fsp3) is 0.263. The quantitative estimate of drug-likeness (QED) is 0.583. The molecule has 0 unspecified atom stereocenters. The van der Waals surface area contributed by atoms with Crippen LogP contribution in [0.2, 0.25) is 0 Å². The van der Waals surface area contributed by atoms with Crippen molar-refractivity contribution < 1.29 is 4.39 Å². The van der Waals surface area contributed by atoms with Gasteiger partial charge in [-0.1, -0.05) is 12.1 Å². The van der Waals surface area contributed by atoms with Crippen LogP contribution in [0, 0.1) is 5.82 Å². The first-order chi connectivity index (χ1) is 12.7. The second kappa shape index (κ2) is 5.72. The number of anilines is 1. The summed E-state index contributed by atoms with van der Waals surface area (Å²) in [6, 6.07) is 12.5. The van der Waals surface area contributed by atoms with Gasteiger partial charge < -0.3 is 14.9 Å². The Morgan fingerprint density at radius 1 is 1.04 bits per heavy atom. The molecular weight excluding hydrogens is 333 g/mol. The molecular formula is C19H18FN5O. The number of hydrogen-bond donors (Lipinski definition) is 2. The lowest BCUT2D eigenvalue weighted by molar-refractivity contribution is 0.394. The molecule has 5 rings (SSSR count). The largest absolute Gasteiger partial charge is 0.342 e. The van der Waals surface area contributed by atoms with Crippen LogP contribution >= 0.6 is 0 Å². The van der Waals surface area contributed by atoms with Crippen LogP contribution in [0.1, 0.15) is 18.9 Å². The molecule has 4 aromatic rings. The molecule has 2 N–H and O–H groups in total. The molecule has 2 aromatic heterocycles. The number of para-hydroxylation sites is 2. The van der Waals surface area contributed by atoms with E-state index in [9.17, 15) is 9.18 Å². The lowest BCUT2D eigenvalue weighted by Crippen LogP contribution is -2.37. The Morgan fingerprint density at radius 2 is 1.85 bits per heavy atom. The van der Waals surface area contributed by atoms with Crippen molar-refractivity contribution in [3.05, 3.63) is 58.8 Å². The smallest absolute Gasteiger partial charge is 0.326 e. The van der Waals surface area contributed by atoms with Crippen molar-refractivity contribution >= 4 is 28.0 Å². The van der Waals surface area contributed by atoms with Crippen LogP contribution in [-0.4, -0.2) is 32.6 Å². The highest BCUT2D eigenvalue weighted by atomic mass is 19.1. The van der Waals surface area contributed by atoms with E-state index in [0.717, 1.165) is 48.4 Å². The second-order valence-electron chi connectivity index (χ2n) is 6.76. The summed E-state index contributed by atoms with van der Waals surface area (Å²) < 4.78 is 15.2. The molecule has 1 saturated heterocycles. The van der Waals surface area contributed by atoms with Gasteiger partial charge in [0.05, 0.1) is 22.1 Å². The summed E-state index contributed by atoms with van der Waals surface area (Å²) in [7, 11) is 0. The molecule has 0 saturated carbocycles. The number of fused-ring (bicyclic) bond motifs is 2. The lowest BCUT2D eigenvalue weighted by Gasteiger charge is -2.32. The molecule has 0 radical (unpaired) electrons. The van der Waals surface area contributed by atoms with Crippen molar-refractivity contribution in [1.82, 2.24) is 19.5 Å². The standard InChI is InChI=1S/C19H18FN5O/c20-12-5-6-14-16(11-12)22-18(21-14)24-9-7-13(8-10-24)25-17-4-2-1-3-15(17)23-19(25)26/h1-6,11,13H,7-10H2,(H,21,22)(H,23,26). The van der Waals surface area contributed by atoms with Gasteiger partial charge in [-0.25, -0.2) is 14.2 Å². The molecule has 7 heteroatoms. The first-order valence-electron chi connectivity index (χ1n) is 8.78. The normalized spacial score (nSPS) is 16.0. The highest BCUT2D eigenvalue weighted by Gasteiger charge is 2.25. The Hall–Kier alpha value is -3.09. The highest BCUT2D eigenvalue weighted by molar-refractivity contribution is 5.77. The van der Waals surface area contributed by atoms with Crippen molar-refractivity contribution in [3.63, 3.8) is 0 Å². The Balaban J connectivity index is 1.40. The molecule has 0 amide bonds. The lowest BCUT2D eigenvalue weighted by atomic mass is 10.0. The fourth-order valence-electron chi connectivity index (χ4n) is 3.89. The SMILES string of the molecule is O=c1[nH]c2ccccc2n1C1CCN(c2nc3ccc(F)cc3[nH]2)CC1. The van der Waals surface area contributed by atoms with Gasteiger partial charge in [-0.05, 0) is 43.2 Å². The van der Waals surface area contributed by atoms with Crippen LogP contribution in [0.4, 0.5) is 10.3 Å². The fourth-order valence-corrected chi connectivity index (χ4v) is 3.89. The van der Waals surface area contributed by atoms with Gasteiger partial charge in [0.1, 0.15) is 5.82 Å². The van der Waals surface area contributed by atoms with Gasteiger partial charge in [0.15, 0.2) is 0 Å². The van der Waals surface area contributed by atoms with Crippen molar-refractivity contribution in [2.45, 2.75) is 18.9 Å². The van der Waals surface area contributed by atoms with Crippen molar-refractivity contribution in [1.29, 1.82) is 0 Å². The van der Waals surface area contributed by atoms with Gasteiger partial charge in [-0.3, -0.25) is 4.57 Å². The zero-order chi connectivity index (χ0) is 17.7. The predicted octanol–water partition coefficient (Wildman–Crippen LogP) is 3.19. The van der Waals surface area contributed by atoms with Crippen LogP contribution < -0.4 is 10.6 Å². The summed E-state index contributed by atoms with van der Waals surface area (Å²) >= 11 is 0. The number of imidazole rings is 2. The molecule has 3 heterocycles. The number of benzene rings is 2. The van der Waals surface area contributed by atoms with Gasteiger partial charge >= 0.3 is 5.69 Å². The summed E-state index contributed by atoms with van der Waals surface area (Å²) in [4.78, 5) is 25.2. The maximum absolute atomic E-state index is 13.4. The van der Waals surface area contributed by atoms with Crippen LogP contribution in [0.25, 0.3) is 22.1 Å². The van der Waals surface area contributed by atoms with Crippen molar-refractivity contribution in [2.24, 2.45) is 0 Å². The third-order valence-corrected chi connectivity index (χ3v) is 5.18. The van der Waals surface area contributed by atoms with Crippen LogP contribution in [0.15, 0.2) is 47.3 Å². The summed E-state index contributed by atoms with van der Waals surface area (Å²) in [6.07, 6.45) is 1.71. The third kappa shape index (κ3) is 2.39. The van der Waals surface area contributed by atoms with E-state index in [2.05, 4.69) is 19.9 Å². The average Bonchev–Trinajstić information content (AvgIpc) is 3.21. The monoisotopic (exact) mass is 351 g/mol. The number of piperidine rings is 1. The highest BCUT2D eigenvalue weighted by Crippen LogP contribution is 2.28. The minimum atomic E-state index is -0.273. The number of halogens is 1. The number of nitrogens with one attached hydrogen (secondary N) is 2. The minimum Gasteiger partial charge on any atom is -0.342 e. The van der Waals surface area contributed by atoms with E-state index < -0.39 is 0 Å². The van der Waals surface area contributed by atoms with E-state index in [-0.39, 0.29) is 17.5 Å². The zero-order valence-electron chi connectivity index (χ0n) is 14.1. The summed E-state index contributed by atoms with van der Waals surface area (Å²) in [5.41, 5.74) is 3.24. The average molecular weight is 351 g/mol. The van der Waals surface area contributed by atoms with E-state index in [1.165, 1.54) is 12.1 Å². The van der Waals surface area contributed by atoms with Gasteiger partial charge in [0, 0.05) is 19.1 Å². The summed E-state index contributed by atoms with van der Waals surface area (Å²) in [5, 5.41) is 0. The summed E-state index contributed by atoms with van der Waals surface area (Å²) in [6.45, 7) is 1.58. The number of aromatic nitrogens is 4. The Bertz CT molecular complexity index is 1150. The molecule has 0 aliphatic carbocycles. The van der Waals surface area contributed by atoms with Crippen LogP contribution in [0.5, 0.6) is 0 Å². The van der Waals surface area contributed by atoms with Gasteiger partial charge in [-0.15, -0.1) is 0 Å². The van der Waals surface area contributed by atoms with E-state index >= 15 is 0 Å². The van der Waals surface area contributed by atoms with E-state index in [4.69, 9.17) is 0 Å². The molecule has 0 atom stereocenters.